The minimum atomic E-state index is 0.654. The molecular formula is C9H17BN2. The topological polar surface area (TPSA) is 15.3 Å². The van der Waals surface area contributed by atoms with E-state index in [1.165, 1.54) is 38.8 Å². The van der Waals surface area contributed by atoms with E-state index in [2.05, 4.69) is 5.32 Å². The van der Waals surface area contributed by atoms with Gasteiger partial charge in [-0.2, -0.15) is 0 Å². The zero-order chi connectivity index (χ0) is 8.44. The first-order chi connectivity index (χ1) is 5.81. The predicted octanol–water partition coefficient (Wildman–Crippen LogP) is 0.535. The van der Waals surface area contributed by atoms with Crippen LogP contribution in [0.3, 0.4) is 0 Å². The maximum absolute atomic E-state index is 5.74. The van der Waals surface area contributed by atoms with Gasteiger partial charge in [0, 0.05) is 0 Å². The first-order valence-corrected chi connectivity index (χ1v) is 5.01. The van der Waals surface area contributed by atoms with Crippen LogP contribution in [0.25, 0.3) is 0 Å². The molecule has 0 aromatic rings. The van der Waals surface area contributed by atoms with Crippen LogP contribution in [0.1, 0.15) is 25.7 Å². The predicted molar refractivity (Wildman–Crippen MR) is 51.1 cm³/mol. The van der Waals surface area contributed by atoms with Gasteiger partial charge in [-0.3, -0.25) is 0 Å². The first-order valence-electron chi connectivity index (χ1n) is 5.01. The van der Waals surface area contributed by atoms with Gasteiger partial charge in [-0.1, -0.05) is 0 Å². The molecule has 66 valence electrons. The summed E-state index contributed by atoms with van der Waals surface area (Å²) in [5.74, 6) is 0. The molecule has 0 amide bonds. The maximum atomic E-state index is 5.74. The van der Waals surface area contributed by atoms with E-state index >= 15 is 0 Å². The van der Waals surface area contributed by atoms with Crippen molar-refractivity contribution in [2.45, 2.75) is 25.7 Å². The number of nitrogens with zero attached hydrogens (tertiary/aromatic N) is 1. The average molecular weight is 164 g/mol. The Morgan fingerprint density at radius 1 is 1.00 bits per heavy atom. The van der Waals surface area contributed by atoms with Crippen molar-refractivity contribution in [2.75, 3.05) is 26.2 Å². The molecule has 2 aliphatic heterocycles. The standard InChI is InChI=1S/C9H17BN2/c10-12-7-3-9(4-8-12)1-5-11-6-2-9/h11H,1-8H2. The summed E-state index contributed by atoms with van der Waals surface area (Å²) in [6.07, 6.45) is 5.35. The van der Waals surface area contributed by atoms with Gasteiger partial charge in [0.2, 0.25) is 0 Å². The highest BCUT2D eigenvalue weighted by molar-refractivity contribution is 6.04. The fourth-order valence-electron chi connectivity index (χ4n) is 2.46. The van der Waals surface area contributed by atoms with Crippen LogP contribution in [0.4, 0.5) is 0 Å². The van der Waals surface area contributed by atoms with Crippen molar-refractivity contribution in [1.82, 2.24) is 10.1 Å². The van der Waals surface area contributed by atoms with Crippen molar-refractivity contribution < 1.29 is 0 Å². The van der Waals surface area contributed by atoms with Crippen molar-refractivity contribution in [3.63, 3.8) is 0 Å². The number of hydrogen-bond donors (Lipinski definition) is 1. The number of rotatable bonds is 0. The molecule has 1 spiro atoms. The summed E-state index contributed by atoms with van der Waals surface area (Å²) in [5.41, 5.74) is 0.654. The molecule has 0 unspecified atom stereocenters. The fraction of sp³-hybridized carbons (Fsp3) is 1.00. The summed E-state index contributed by atoms with van der Waals surface area (Å²) >= 11 is 0. The van der Waals surface area contributed by atoms with Gasteiger partial charge in [-0.25, -0.2) is 0 Å². The normalized spacial score (nSPS) is 30.7. The Balaban J connectivity index is 1.92. The second kappa shape index (κ2) is 3.39. The Hall–Kier alpha value is -0.0151. The van der Waals surface area contributed by atoms with Crippen molar-refractivity contribution >= 4 is 7.98 Å². The lowest BCUT2D eigenvalue weighted by atomic mass is 9.71. The van der Waals surface area contributed by atoms with Crippen LogP contribution in [0.15, 0.2) is 0 Å². The summed E-state index contributed by atoms with van der Waals surface area (Å²) in [4.78, 5) is 1.97. The minimum absolute atomic E-state index is 0.654. The van der Waals surface area contributed by atoms with Crippen LogP contribution < -0.4 is 5.32 Å². The third-order valence-corrected chi connectivity index (χ3v) is 3.52. The summed E-state index contributed by atoms with van der Waals surface area (Å²) in [5, 5.41) is 3.42. The van der Waals surface area contributed by atoms with E-state index in [0.29, 0.717) is 5.41 Å². The van der Waals surface area contributed by atoms with Gasteiger partial charge in [-0.15, -0.1) is 0 Å². The maximum Gasteiger partial charge on any atom is 0.182 e. The van der Waals surface area contributed by atoms with Gasteiger partial charge < -0.3 is 10.1 Å². The van der Waals surface area contributed by atoms with Crippen LogP contribution in [0.5, 0.6) is 0 Å². The highest BCUT2D eigenvalue weighted by Crippen LogP contribution is 2.38. The summed E-state index contributed by atoms with van der Waals surface area (Å²) < 4.78 is 0. The van der Waals surface area contributed by atoms with Crippen LogP contribution >= 0.6 is 0 Å². The number of nitrogens with one attached hydrogen (secondary N) is 1. The van der Waals surface area contributed by atoms with E-state index in [0.717, 1.165) is 13.1 Å². The van der Waals surface area contributed by atoms with Crippen LogP contribution in [0, 0.1) is 5.41 Å². The molecule has 0 aliphatic carbocycles. The van der Waals surface area contributed by atoms with E-state index in [1.807, 2.05) is 4.81 Å². The summed E-state index contributed by atoms with van der Waals surface area (Å²) in [6.45, 7) is 4.62. The highest BCUT2D eigenvalue weighted by atomic mass is 15.0. The molecule has 12 heavy (non-hydrogen) atoms. The van der Waals surface area contributed by atoms with E-state index in [-0.39, 0.29) is 0 Å². The summed E-state index contributed by atoms with van der Waals surface area (Å²) in [6, 6.07) is 0. The molecule has 3 heteroatoms. The molecule has 2 radical (unpaired) electrons. The second-order valence-electron chi connectivity index (χ2n) is 4.29. The van der Waals surface area contributed by atoms with Crippen LogP contribution in [-0.2, 0) is 0 Å². The van der Waals surface area contributed by atoms with Crippen molar-refractivity contribution in [1.29, 1.82) is 0 Å². The van der Waals surface area contributed by atoms with E-state index in [4.69, 9.17) is 7.98 Å². The molecule has 2 heterocycles. The van der Waals surface area contributed by atoms with E-state index in [1.54, 1.807) is 0 Å². The second-order valence-corrected chi connectivity index (χ2v) is 4.29. The van der Waals surface area contributed by atoms with Gasteiger partial charge in [0.05, 0.1) is 0 Å². The van der Waals surface area contributed by atoms with Gasteiger partial charge in [-0.05, 0) is 57.3 Å². The average Bonchev–Trinajstić information content (AvgIpc) is 2.13. The smallest absolute Gasteiger partial charge is 0.182 e. The van der Waals surface area contributed by atoms with Crippen molar-refractivity contribution in [2.24, 2.45) is 5.41 Å². The van der Waals surface area contributed by atoms with Crippen LogP contribution in [0.2, 0.25) is 0 Å². The monoisotopic (exact) mass is 164 g/mol. The molecule has 2 aliphatic rings. The number of piperidine rings is 2. The molecule has 2 fully saturated rings. The number of hydrogen-bond acceptors (Lipinski definition) is 2. The molecule has 2 saturated heterocycles. The molecule has 0 aromatic carbocycles. The molecule has 0 bridgehead atoms. The first kappa shape index (κ1) is 8.58. The largest absolute Gasteiger partial charge is 0.353 e. The SMILES string of the molecule is [B]N1CCC2(CCNCC2)CC1. The Kier molecular flexibility index (Phi) is 2.42. The molecule has 1 N–H and O–H groups in total. The molecule has 0 saturated carbocycles. The molecule has 0 aromatic heterocycles. The minimum Gasteiger partial charge on any atom is -0.353 e. The fourth-order valence-corrected chi connectivity index (χ4v) is 2.46. The third-order valence-electron chi connectivity index (χ3n) is 3.52. The summed E-state index contributed by atoms with van der Waals surface area (Å²) in [7, 11) is 5.74. The van der Waals surface area contributed by atoms with Crippen molar-refractivity contribution in [3.05, 3.63) is 0 Å². The zero-order valence-electron chi connectivity index (χ0n) is 7.68. The van der Waals surface area contributed by atoms with E-state index in [9.17, 15) is 0 Å². The lowest BCUT2D eigenvalue weighted by molar-refractivity contribution is 0.112. The lowest BCUT2D eigenvalue weighted by Crippen LogP contribution is -2.44. The van der Waals surface area contributed by atoms with Gasteiger partial charge in [0.15, 0.2) is 7.98 Å². The Labute approximate surface area is 76.1 Å². The lowest BCUT2D eigenvalue weighted by Gasteiger charge is -2.43. The highest BCUT2D eigenvalue weighted by Gasteiger charge is 2.34. The Morgan fingerprint density at radius 2 is 1.58 bits per heavy atom. The molecule has 0 atom stereocenters. The Bertz CT molecular complexity index is 145. The molecule has 2 nitrogen and oxygen atoms in total. The zero-order valence-corrected chi connectivity index (χ0v) is 7.68. The van der Waals surface area contributed by atoms with Gasteiger partial charge in [0.1, 0.15) is 0 Å². The third kappa shape index (κ3) is 1.67. The van der Waals surface area contributed by atoms with Gasteiger partial charge in [0.25, 0.3) is 0 Å². The molecular weight excluding hydrogens is 147 g/mol. The quantitative estimate of drug-likeness (QED) is 0.525. The van der Waals surface area contributed by atoms with Crippen molar-refractivity contribution in [3.8, 4) is 0 Å². The molecule has 2 rings (SSSR count). The Morgan fingerprint density at radius 3 is 2.17 bits per heavy atom. The van der Waals surface area contributed by atoms with Crippen LogP contribution in [-0.4, -0.2) is 39.0 Å². The van der Waals surface area contributed by atoms with E-state index < -0.39 is 0 Å². The van der Waals surface area contributed by atoms with Gasteiger partial charge >= 0.3 is 0 Å².